The van der Waals surface area contributed by atoms with Gasteiger partial charge in [0.05, 0.1) is 6.42 Å². The van der Waals surface area contributed by atoms with Crippen LogP contribution in [-0.4, -0.2) is 64.5 Å². The molecule has 3 unspecified atom stereocenters. The number of ether oxygens (including phenoxy) is 2. The van der Waals surface area contributed by atoms with Gasteiger partial charge in [-0.25, -0.2) is 9.59 Å². The first kappa shape index (κ1) is 42.5. The number of amides is 4. The molecule has 0 aromatic heterocycles. The summed E-state index contributed by atoms with van der Waals surface area (Å²) < 4.78 is 11.1. The molecule has 0 bridgehead atoms. The van der Waals surface area contributed by atoms with Crippen molar-refractivity contribution < 1.29 is 33.4 Å². The molecule has 11 nitrogen and oxygen atoms in total. The second kappa shape index (κ2) is 20.2. The Morgan fingerprint density at radius 3 is 2.04 bits per heavy atom. The van der Waals surface area contributed by atoms with E-state index in [0.29, 0.717) is 17.5 Å². The van der Waals surface area contributed by atoms with Gasteiger partial charge in [-0.1, -0.05) is 100 Å². The fraction of sp³-hybridized carbons (Fsp3) is 0.525. The van der Waals surface area contributed by atoms with Crippen molar-refractivity contribution in [1.29, 1.82) is 0 Å². The summed E-state index contributed by atoms with van der Waals surface area (Å²) in [6, 6.07) is 12.4. The quantitative estimate of drug-likeness (QED) is 0.113. The molecule has 4 N–H and O–H groups in total. The van der Waals surface area contributed by atoms with E-state index < -0.39 is 65.5 Å². The number of carbonyl (C=O) groups excluding carboxylic acids is 5. The molecule has 11 heteroatoms. The van der Waals surface area contributed by atoms with Gasteiger partial charge in [0.1, 0.15) is 29.3 Å². The number of hydrogen-bond donors (Lipinski definition) is 3. The number of rotatable bonds is 19. The van der Waals surface area contributed by atoms with Crippen molar-refractivity contribution in [2.75, 3.05) is 6.54 Å². The van der Waals surface area contributed by atoms with Crippen molar-refractivity contribution in [1.82, 2.24) is 15.5 Å². The van der Waals surface area contributed by atoms with Crippen LogP contribution in [0.2, 0.25) is 0 Å². The summed E-state index contributed by atoms with van der Waals surface area (Å²) in [6.07, 6.45) is 5.73. The molecular formula is C40H58N4O7. The van der Waals surface area contributed by atoms with E-state index in [2.05, 4.69) is 24.1 Å². The zero-order chi connectivity index (χ0) is 38.2. The van der Waals surface area contributed by atoms with Gasteiger partial charge in [0.2, 0.25) is 17.7 Å². The average Bonchev–Trinajstić information content (AvgIpc) is 3.03. The molecule has 0 fully saturated rings. The van der Waals surface area contributed by atoms with E-state index in [4.69, 9.17) is 15.2 Å². The molecule has 3 atom stereocenters. The molecule has 2 aromatic carbocycles. The molecule has 0 radical (unpaired) electrons. The number of nitrogens with zero attached hydrogens (tertiary/aromatic N) is 1. The van der Waals surface area contributed by atoms with Crippen molar-refractivity contribution >= 4 is 35.9 Å². The monoisotopic (exact) mass is 706 g/mol. The van der Waals surface area contributed by atoms with Crippen LogP contribution in [0.25, 0.3) is 6.08 Å². The number of hydrogen-bond acceptors (Lipinski definition) is 7. The van der Waals surface area contributed by atoms with Crippen molar-refractivity contribution in [2.24, 2.45) is 5.73 Å². The second-order valence-corrected chi connectivity index (χ2v) is 14.7. The lowest BCUT2D eigenvalue weighted by Crippen LogP contribution is -2.55. The average molecular weight is 707 g/mol. The molecule has 2 rings (SSSR count). The van der Waals surface area contributed by atoms with Crippen molar-refractivity contribution in [3.8, 4) is 0 Å². The molecular weight excluding hydrogens is 648 g/mol. The summed E-state index contributed by atoms with van der Waals surface area (Å²) in [5.74, 6) is -2.80. The predicted octanol–water partition coefficient (Wildman–Crippen LogP) is 6.40. The third-order valence-corrected chi connectivity index (χ3v) is 7.74. The van der Waals surface area contributed by atoms with Crippen LogP contribution in [0.1, 0.15) is 116 Å². The SMILES string of the molecule is C=Cc1cccc(C(C(=O)NC(Cc2ccccc2)C(=O)OC(C)(C)C)N(CCCCCCCC)C(=O)C(CC(N)=O)NC(=O)OC(C)(C)C)c1. The molecule has 280 valence electrons. The van der Waals surface area contributed by atoms with Gasteiger partial charge in [0.25, 0.3) is 0 Å². The van der Waals surface area contributed by atoms with E-state index in [1.54, 1.807) is 65.8 Å². The molecule has 0 saturated carbocycles. The fourth-order valence-electron chi connectivity index (χ4n) is 5.48. The minimum Gasteiger partial charge on any atom is -0.458 e. The highest BCUT2D eigenvalue weighted by Crippen LogP contribution is 2.26. The first-order chi connectivity index (χ1) is 23.9. The van der Waals surface area contributed by atoms with Crippen LogP contribution in [0.15, 0.2) is 61.2 Å². The van der Waals surface area contributed by atoms with Gasteiger partial charge in [0, 0.05) is 13.0 Å². The lowest BCUT2D eigenvalue weighted by atomic mass is 9.98. The van der Waals surface area contributed by atoms with Crippen LogP contribution in [0, 0.1) is 0 Å². The topological polar surface area (TPSA) is 157 Å². The van der Waals surface area contributed by atoms with E-state index >= 15 is 0 Å². The van der Waals surface area contributed by atoms with Gasteiger partial charge in [-0.15, -0.1) is 0 Å². The Balaban J connectivity index is 2.67. The Hall–Kier alpha value is -4.67. The van der Waals surface area contributed by atoms with E-state index in [-0.39, 0.29) is 13.0 Å². The zero-order valence-electron chi connectivity index (χ0n) is 31.5. The van der Waals surface area contributed by atoms with Gasteiger partial charge < -0.3 is 30.7 Å². The molecule has 0 aliphatic carbocycles. The van der Waals surface area contributed by atoms with Crippen LogP contribution >= 0.6 is 0 Å². The number of unbranched alkanes of at least 4 members (excludes halogenated alkanes) is 5. The standard InChI is InChI=1S/C40H58N4O7/c1-9-11-12-13-14-18-24-44(36(47)31(27-33(41)45)43-38(49)51-40(6,7)8)34(30-23-19-22-28(10-2)25-30)35(46)42-32(37(48)50-39(3,4)5)26-29-20-16-15-17-21-29/h10,15-17,19-23,25,31-32,34H,2,9,11-14,18,24,26-27H2,1,3-8H3,(H2,41,45)(H,42,46)(H,43,49). The van der Waals surface area contributed by atoms with Gasteiger partial charge in [-0.3, -0.25) is 14.4 Å². The van der Waals surface area contributed by atoms with Crippen LogP contribution in [0.4, 0.5) is 4.79 Å². The second-order valence-electron chi connectivity index (χ2n) is 14.7. The highest BCUT2D eigenvalue weighted by Gasteiger charge is 2.38. The van der Waals surface area contributed by atoms with Crippen LogP contribution in [0.3, 0.4) is 0 Å². The van der Waals surface area contributed by atoms with Crippen LogP contribution < -0.4 is 16.4 Å². The minimum atomic E-state index is -1.43. The molecule has 51 heavy (non-hydrogen) atoms. The Kier molecular flexibility index (Phi) is 16.9. The van der Waals surface area contributed by atoms with Crippen molar-refractivity contribution in [2.45, 2.75) is 129 Å². The lowest BCUT2D eigenvalue weighted by molar-refractivity contribution is -0.159. The molecule has 4 amide bonds. The molecule has 0 saturated heterocycles. The molecule has 0 aliphatic rings. The van der Waals surface area contributed by atoms with Crippen molar-refractivity contribution in [3.63, 3.8) is 0 Å². The van der Waals surface area contributed by atoms with Gasteiger partial charge in [-0.05, 0) is 70.7 Å². The summed E-state index contributed by atoms with van der Waals surface area (Å²) in [5, 5.41) is 5.41. The van der Waals surface area contributed by atoms with Crippen molar-refractivity contribution in [3.05, 3.63) is 77.9 Å². The minimum absolute atomic E-state index is 0.114. The highest BCUT2D eigenvalue weighted by atomic mass is 16.6. The van der Waals surface area contributed by atoms with Gasteiger partial charge >= 0.3 is 12.1 Å². The third-order valence-electron chi connectivity index (χ3n) is 7.74. The maximum Gasteiger partial charge on any atom is 0.408 e. The van der Waals surface area contributed by atoms with E-state index in [0.717, 1.165) is 37.7 Å². The number of alkyl carbamates (subject to hydrolysis) is 1. The zero-order valence-corrected chi connectivity index (χ0v) is 31.5. The summed E-state index contributed by atoms with van der Waals surface area (Å²) in [5.41, 5.74) is 5.79. The number of esters is 1. The number of carbonyl (C=O) groups is 5. The van der Waals surface area contributed by atoms with E-state index in [1.807, 2.05) is 36.4 Å². The van der Waals surface area contributed by atoms with Crippen LogP contribution in [-0.2, 0) is 35.1 Å². The van der Waals surface area contributed by atoms with Gasteiger partial charge in [0.15, 0.2) is 0 Å². The smallest absolute Gasteiger partial charge is 0.408 e. The number of nitrogens with one attached hydrogen (secondary N) is 2. The van der Waals surface area contributed by atoms with E-state index in [1.165, 1.54) is 4.90 Å². The molecule has 0 heterocycles. The normalized spacial score (nSPS) is 13.2. The maximum atomic E-state index is 14.6. The molecule has 0 spiro atoms. The fourth-order valence-corrected chi connectivity index (χ4v) is 5.48. The summed E-state index contributed by atoms with van der Waals surface area (Å²) in [4.78, 5) is 69.3. The Bertz CT molecular complexity index is 1460. The largest absolute Gasteiger partial charge is 0.458 e. The third kappa shape index (κ3) is 15.8. The lowest BCUT2D eigenvalue weighted by Gasteiger charge is -2.35. The Morgan fingerprint density at radius 1 is 0.824 bits per heavy atom. The maximum absolute atomic E-state index is 14.6. The first-order valence-corrected chi connectivity index (χ1v) is 17.8. The Morgan fingerprint density at radius 2 is 1.45 bits per heavy atom. The number of benzene rings is 2. The Labute approximate surface area is 303 Å². The highest BCUT2D eigenvalue weighted by molar-refractivity contribution is 5.95. The van der Waals surface area contributed by atoms with Gasteiger partial charge in [-0.2, -0.15) is 0 Å². The first-order valence-electron chi connectivity index (χ1n) is 17.8. The number of nitrogens with two attached hydrogens (primary N) is 1. The predicted molar refractivity (Wildman–Crippen MR) is 199 cm³/mol. The molecule has 0 aliphatic heterocycles. The van der Waals surface area contributed by atoms with E-state index in [9.17, 15) is 24.0 Å². The summed E-state index contributed by atoms with van der Waals surface area (Å²) >= 11 is 0. The summed E-state index contributed by atoms with van der Waals surface area (Å²) in [7, 11) is 0. The summed E-state index contributed by atoms with van der Waals surface area (Å²) in [6.45, 7) is 16.3. The molecule has 2 aromatic rings. The van der Waals surface area contributed by atoms with Crippen LogP contribution in [0.5, 0.6) is 0 Å². The number of primary amides is 1.